The number of aryl methyl sites for hydroxylation is 1. The van der Waals surface area contributed by atoms with E-state index < -0.39 is 0 Å². The van der Waals surface area contributed by atoms with Crippen molar-refractivity contribution in [3.8, 4) is 11.5 Å². The lowest BCUT2D eigenvalue weighted by Gasteiger charge is -2.13. The molecule has 7 heteroatoms. The van der Waals surface area contributed by atoms with Crippen LogP contribution in [0.15, 0.2) is 54.6 Å². The molecule has 0 unspecified atom stereocenters. The highest BCUT2D eigenvalue weighted by Crippen LogP contribution is 2.31. The van der Waals surface area contributed by atoms with E-state index in [2.05, 4.69) is 66.1 Å². The van der Waals surface area contributed by atoms with Crippen molar-refractivity contribution in [1.82, 2.24) is 0 Å². The zero-order valence-corrected chi connectivity index (χ0v) is 21.4. The number of hydrogen-bond acceptors (Lipinski definition) is 6. The Balaban J connectivity index is 1.39. The van der Waals surface area contributed by atoms with Gasteiger partial charge in [-0.15, -0.1) is 0 Å². The van der Waals surface area contributed by atoms with E-state index in [1.165, 1.54) is 26.0 Å². The molecule has 36 heavy (non-hydrogen) atoms. The first-order valence-electron chi connectivity index (χ1n) is 12.5. The number of thiazole rings is 1. The molecule has 0 amide bonds. The van der Waals surface area contributed by atoms with Crippen molar-refractivity contribution < 1.29 is 28.3 Å². The van der Waals surface area contributed by atoms with Crippen LogP contribution in [0.5, 0.6) is 11.5 Å². The Morgan fingerprint density at radius 1 is 0.750 bits per heavy atom. The first-order chi connectivity index (χ1) is 17.8. The van der Waals surface area contributed by atoms with Crippen LogP contribution < -0.4 is 14.0 Å². The fourth-order valence-electron chi connectivity index (χ4n) is 4.30. The standard InChI is InChI=1S/C29H32NO5S/c1-2-30-28(36-27-11-9-23-5-3-4-6-24(23)29(27)30)12-8-22-7-10-25-26(21-22)35-20-18-33-16-14-31-13-15-32-17-19-34-25/h3-12,21H,2,13-20H2,1H3/q+1/b12-8+. The molecule has 0 spiro atoms. The summed E-state index contributed by atoms with van der Waals surface area (Å²) in [7, 11) is 0. The van der Waals surface area contributed by atoms with E-state index in [0.717, 1.165) is 12.1 Å². The van der Waals surface area contributed by atoms with Crippen LogP contribution in [-0.4, -0.2) is 52.9 Å². The van der Waals surface area contributed by atoms with E-state index in [9.17, 15) is 0 Å². The Bertz CT molecular complexity index is 1330. The molecule has 0 saturated carbocycles. The average molecular weight is 507 g/mol. The third-order valence-corrected chi connectivity index (χ3v) is 7.15. The molecule has 1 aliphatic rings. The highest BCUT2D eigenvalue weighted by molar-refractivity contribution is 7.19. The van der Waals surface area contributed by atoms with Gasteiger partial charge in [-0.25, -0.2) is 0 Å². The molecule has 0 radical (unpaired) electrons. The van der Waals surface area contributed by atoms with Crippen LogP contribution in [0.1, 0.15) is 17.5 Å². The molecule has 0 N–H and O–H groups in total. The Morgan fingerprint density at radius 2 is 1.44 bits per heavy atom. The molecule has 0 fully saturated rings. The van der Waals surface area contributed by atoms with Gasteiger partial charge in [0.05, 0.1) is 45.0 Å². The maximum Gasteiger partial charge on any atom is 0.262 e. The lowest BCUT2D eigenvalue weighted by Crippen LogP contribution is -2.33. The smallest absolute Gasteiger partial charge is 0.262 e. The molecule has 0 atom stereocenters. The van der Waals surface area contributed by atoms with Crippen molar-refractivity contribution in [3.05, 3.63) is 65.2 Å². The van der Waals surface area contributed by atoms with E-state index in [4.69, 9.17) is 23.7 Å². The molecule has 2 heterocycles. The van der Waals surface area contributed by atoms with Gasteiger partial charge in [0.2, 0.25) is 5.52 Å². The summed E-state index contributed by atoms with van der Waals surface area (Å²) in [5.74, 6) is 1.41. The van der Waals surface area contributed by atoms with Gasteiger partial charge in [0.15, 0.2) is 11.5 Å². The van der Waals surface area contributed by atoms with Crippen molar-refractivity contribution in [2.45, 2.75) is 13.5 Å². The van der Waals surface area contributed by atoms with Gasteiger partial charge in [-0.3, -0.25) is 0 Å². The predicted molar refractivity (Wildman–Crippen MR) is 144 cm³/mol. The average Bonchev–Trinajstić information content (AvgIpc) is 3.28. The first kappa shape index (κ1) is 24.7. The van der Waals surface area contributed by atoms with Crippen LogP contribution in [0.3, 0.4) is 0 Å². The fourth-order valence-corrected chi connectivity index (χ4v) is 5.45. The maximum absolute atomic E-state index is 6.03. The number of ether oxygens (including phenoxy) is 5. The molecule has 4 aromatic rings. The molecule has 0 aliphatic carbocycles. The quantitative estimate of drug-likeness (QED) is 0.351. The van der Waals surface area contributed by atoms with Crippen molar-refractivity contribution in [2.24, 2.45) is 0 Å². The zero-order valence-electron chi connectivity index (χ0n) is 20.6. The number of aromatic nitrogens is 1. The van der Waals surface area contributed by atoms with Crippen molar-refractivity contribution in [3.63, 3.8) is 0 Å². The van der Waals surface area contributed by atoms with Crippen LogP contribution in [-0.2, 0) is 20.8 Å². The maximum atomic E-state index is 6.03. The van der Waals surface area contributed by atoms with E-state index in [1.807, 2.05) is 23.5 Å². The zero-order chi connectivity index (χ0) is 24.6. The largest absolute Gasteiger partial charge is 0.487 e. The van der Waals surface area contributed by atoms with Crippen LogP contribution >= 0.6 is 11.3 Å². The second-order valence-corrected chi connectivity index (χ2v) is 9.45. The monoisotopic (exact) mass is 506 g/mol. The first-order valence-corrected chi connectivity index (χ1v) is 13.3. The van der Waals surface area contributed by atoms with Gasteiger partial charge in [0.25, 0.3) is 5.01 Å². The molecule has 0 bridgehead atoms. The Kier molecular flexibility index (Phi) is 8.46. The van der Waals surface area contributed by atoms with Crippen LogP contribution in [0, 0.1) is 0 Å². The topological polar surface area (TPSA) is 50.0 Å². The van der Waals surface area contributed by atoms with E-state index >= 15 is 0 Å². The number of hydrogen-bond donors (Lipinski definition) is 0. The van der Waals surface area contributed by atoms with Gasteiger partial charge >= 0.3 is 0 Å². The van der Waals surface area contributed by atoms with E-state index in [1.54, 1.807) is 0 Å². The normalized spacial score (nSPS) is 16.2. The summed E-state index contributed by atoms with van der Waals surface area (Å²) in [6.07, 6.45) is 4.32. The lowest BCUT2D eigenvalue weighted by molar-refractivity contribution is -0.664. The molecule has 5 rings (SSSR count). The molecule has 1 aliphatic heterocycles. The molecule has 188 valence electrons. The van der Waals surface area contributed by atoms with Crippen LogP contribution in [0.4, 0.5) is 0 Å². The minimum Gasteiger partial charge on any atom is -0.487 e. The van der Waals surface area contributed by atoms with Gasteiger partial charge in [-0.05, 0) is 48.2 Å². The van der Waals surface area contributed by atoms with Crippen molar-refractivity contribution in [2.75, 3.05) is 52.9 Å². The van der Waals surface area contributed by atoms with Crippen molar-refractivity contribution in [1.29, 1.82) is 0 Å². The summed E-state index contributed by atoms with van der Waals surface area (Å²) in [4.78, 5) is 0. The van der Waals surface area contributed by atoms with Crippen molar-refractivity contribution >= 4 is 44.5 Å². The lowest BCUT2D eigenvalue weighted by atomic mass is 10.1. The molecular formula is C29H32NO5S+. The second kappa shape index (κ2) is 12.3. The molecule has 0 saturated heterocycles. The third kappa shape index (κ3) is 5.87. The molecule has 6 nitrogen and oxygen atoms in total. The number of benzene rings is 3. The van der Waals surface area contributed by atoms with Gasteiger partial charge in [0, 0.05) is 6.08 Å². The molecular weight excluding hydrogens is 474 g/mol. The summed E-state index contributed by atoms with van der Waals surface area (Å²) in [5.41, 5.74) is 2.34. The van der Waals surface area contributed by atoms with Crippen LogP contribution in [0.2, 0.25) is 0 Å². The third-order valence-electron chi connectivity index (χ3n) is 6.03. The predicted octanol–water partition coefficient (Wildman–Crippen LogP) is 5.35. The number of rotatable bonds is 3. The summed E-state index contributed by atoms with van der Waals surface area (Å²) in [5, 5.41) is 3.77. The fraction of sp³-hybridized carbons (Fsp3) is 0.345. The highest BCUT2D eigenvalue weighted by Gasteiger charge is 2.19. The van der Waals surface area contributed by atoms with Gasteiger partial charge in [-0.2, -0.15) is 4.57 Å². The molecule has 3 aromatic carbocycles. The van der Waals surface area contributed by atoms with Crippen LogP contribution in [0.25, 0.3) is 33.1 Å². The van der Waals surface area contributed by atoms with Gasteiger partial charge in [0.1, 0.15) is 24.5 Å². The Morgan fingerprint density at radius 3 is 2.19 bits per heavy atom. The van der Waals surface area contributed by atoms with Gasteiger partial charge < -0.3 is 23.7 Å². The summed E-state index contributed by atoms with van der Waals surface area (Å²) in [6, 6.07) is 19.0. The second-order valence-electron chi connectivity index (χ2n) is 8.39. The minimum atomic E-state index is 0.444. The summed E-state index contributed by atoms with van der Waals surface area (Å²) < 4.78 is 32.3. The summed E-state index contributed by atoms with van der Waals surface area (Å²) >= 11 is 1.81. The number of nitrogens with zero attached hydrogens (tertiary/aromatic N) is 1. The SMILES string of the molecule is CC[n+]1c(/C=C/c2ccc3c(c2)OCCOCCOCCOCCO3)sc2ccc3ccccc3c21. The Labute approximate surface area is 215 Å². The molecule has 1 aromatic heterocycles. The van der Waals surface area contributed by atoms with E-state index in [-0.39, 0.29) is 0 Å². The highest BCUT2D eigenvalue weighted by atomic mass is 32.1. The Hall–Kier alpha value is -2.97. The number of fused-ring (bicyclic) bond motifs is 4. The summed E-state index contributed by atoms with van der Waals surface area (Å²) in [6.45, 7) is 7.18. The van der Waals surface area contributed by atoms with E-state index in [0.29, 0.717) is 64.4 Å². The minimum absolute atomic E-state index is 0.444. The van der Waals surface area contributed by atoms with Gasteiger partial charge in [-0.1, -0.05) is 41.7 Å².